The zero-order valence-electron chi connectivity index (χ0n) is 11.6. The summed E-state index contributed by atoms with van der Waals surface area (Å²) in [4.78, 5) is 11.6. The van der Waals surface area contributed by atoms with E-state index in [4.69, 9.17) is 19.9 Å². The van der Waals surface area contributed by atoms with Gasteiger partial charge in [0, 0.05) is 20.2 Å². The van der Waals surface area contributed by atoms with Crippen LogP contribution in [0, 0.1) is 0 Å². The van der Waals surface area contributed by atoms with Crippen molar-refractivity contribution in [1.29, 1.82) is 0 Å². The van der Waals surface area contributed by atoms with E-state index in [1.807, 2.05) is 6.07 Å². The number of hydrogen-bond acceptors (Lipinski definition) is 5. The molecule has 0 spiro atoms. The van der Waals surface area contributed by atoms with Gasteiger partial charge in [-0.2, -0.15) is 0 Å². The number of carbonyl (C=O) groups excluding carboxylic acids is 1. The van der Waals surface area contributed by atoms with Crippen molar-refractivity contribution in [2.45, 2.75) is 6.54 Å². The Kier molecular flexibility index (Phi) is 7.35. The molecule has 1 rings (SSSR count). The van der Waals surface area contributed by atoms with Crippen molar-refractivity contribution >= 4 is 21.8 Å². The molecule has 0 heterocycles. The maximum Gasteiger partial charge on any atom is 0.258 e. The Hall–Kier alpha value is -1.31. The van der Waals surface area contributed by atoms with Gasteiger partial charge in [0.25, 0.3) is 5.91 Å². The lowest BCUT2D eigenvalue weighted by molar-refractivity contribution is -0.123. The lowest BCUT2D eigenvalue weighted by Crippen LogP contribution is -2.31. The molecule has 0 saturated carbocycles. The number of nitrogens with one attached hydrogen (secondary N) is 1. The highest BCUT2D eigenvalue weighted by atomic mass is 79.9. The van der Waals surface area contributed by atoms with Crippen LogP contribution in [0.5, 0.6) is 11.5 Å². The van der Waals surface area contributed by atoms with Gasteiger partial charge in [-0.1, -0.05) is 0 Å². The number of benzene rings is 1. The van der Waals surface area contributed by atoms with Gasteiger partial charge >= 0.3 is 0 Å². The number of halogens is 1. The van der Waals surface area contributed by atoms with Crippen LogP contribution < -0.4 is 20.5 Å². The fourth-order valence-electron chi connectivity index (χ4n) is 1.51. The van der Waals surface area contributed by atoms with Crippen LogP contribution in [-0.2, 0) is 16.1 Å². The van der Waals surface area contributed by atoms with Crippen molar-refractivity contribution in [1.82, 2.24) is 5.32 Å². The number of hydrogen-bond donors (Lipinski definition) is 2. The summed E-state index contributed by atoms with van der Waals surface area (Å²) in [5, 5.41) is 2.67. The molecule has 112 valence electrons. The van der Waals surface area contributed by atoms with Crippen LogP contribution in [0.3, 0.4) is 0 Å². The second-order valence-corrected chi connectivity index (χ2v) is 4.80. The molecule has 0 aromatic heterocycles. The quantitative estimate of drug-likeness (QED) is 0.687. The highest BCUT2D eigenvalue weighted by molar-refractivity contribution is 9.10. The van der Waals surface area contributed by atoms with E-state index in [1.54, 1.807) is 13.2 Å². The predicted octanol–water partition coefficient (Wildman–Crippen LogP) is 1.06. The van der Waals surface area contributed by atoms with Crippen molar-refractivity contribution in [2.75, 3.05) is 34.0 Å². The molecule has 3 N–H and O–H groups in total. The van der Waals surface area contributed by atoms with E-state index in [0.717, 1.165) is 5.56 Å². The number of nitrogens with two attached hydrogens (primary N) is 1. The molecular weight excluding hydrogens is 328 g/mol. The number of carbonyl (C=O) groups is 1. The first-order chi connectivity index (χ1) is 9.62. The van der Waals surface area contributed by atoms with Crippen LogP contribution in [0.1, 0.15) is 5.56 Å². The summed E-state index contributed by atoms with van der Waals surface area (Å²) >= 11 is 3.38. The molecular formula is C13H19BrN2O4. The molecule has 1 aromatic carbocycles. The minimum absolute atomic E-state index is 0.0966. The molecule has 0 fully saturated rings. The van der Waals surface area contributed by atoms with Gasteiger partial charge in [-0.25, -0.2) is 0 Å². The molecule has 0 atom stereocenters. The van der Waals surface area contributed by atoms with Crippen LogP contribution in [0.15, 0.2) is 16.6 Å². The average molecular weight is 347 g/mol. The van der Waals surface area contributed by atoms with Gasteiger partial charge in [0.15, 0.2) is 18.1 Å². The fourth-order valence-corrected chi connectivity index (χ4v) is 2.12. The molecule has 0 radical (unpaired) electrons. The smallest absolute Gasteiger partial charge is 0.258 e. The van der Waals surface area contributed by atoms with Crippen molar-refractivity contribution < 1.29 is 19.0 Å². The minimum Gasteiger partial charge on any atom is -0.493 e. The summed E-state index contributed by atoms with van der Waals surface area (Å²) in [6, 6.07) is 3.61. The molecule has 1 aromatic rings. The Labute approximate surface area is 126 Å². The predicted molar refractivity (Wildman–Crippen MR) is 79.0 cm³/mol. The van der Waals surface area contributed by atoms with E-state index in [2.05, 4.69) is 21.2 Å². The Morgan fingerprint density at radius 2 is 2.15 bits per heavy atom. The van der Waals surface area contributed by atoms with Gasteiger partial charge in [-0.3, -0.25) is 4.79 Å². The first kappa shape index (κ1) is 16.7. The van der Waals surface area contributed by atoms with Gasteiger partial charge < -0.3 is 25.3 Å². The van der Waals surface area contributed by atoms with Crippen LogP contribution in [-0.4, -0.2) is 39.9 Å². The van der Waals surface area contributed by atoms with Gasteiger partial charge in [0.2, 0.25) is 0 Å². The van der Waals surface area contributed by atoms with E-state index in [-0.39, 0.29) is 12.5 Å². The van der Waals surface area contributed by atoms with Gasteiger partial charge in [0.1, 0.15) is 0 Å². The first-order valence-electron chi connectivity index (χ1n) is 6.07. The number of ether oxygens (including phenoxy) is 3. The summed E-state index contributed by atoms with van der Waals surface area (Å²) in [5.74, 6) is 0.787. The second kappa shape index (κ2) is 8.78. The zero-order valence-corrected chi connectivity index (χ0v) is 13.2. The van der Waals surface area contributed by atoms with Crippen molar-refractivity contribution in [3.63, 3.8) is 0 Å². The van der Waals surface area contributed by atoms with Crippen molar-refractivity contribution in [3.8, 4) is 11.5 Å². The molecule has 7 heteroatoms. The summed E-state index contributed by atoms with van der Waals surface area (Å²) in [7, 11) is 3.11. The normalized spacial score (nSPS) is 10.2. The summed E-state index contributed by atoms with van der Waals surface area (Å²) in [6.07, 6.45) is 0. The van der Waals surface area contributed by atoms with Gasteiger partial charge in [-0.15, -0.1) is 0 Å². The molecule has 6 nitrogen and oxygen atoms in total. The Balaban J connectivity index is 2.65. The standard InChI is InChI=1S/C13H19BrN2O4/c1-18-4-3-16-12(17)8-20-13-10(14)5-9(7-15)6-11(13)19-2/h5-6H,3-4,7-8,15H2,1-2H3,(H,16,17). The molecule has 0 aliphatic heterocycles. The number of methoxy groups -OCH3 is 2. The van der Waals surface area contributed by atoms with Crippen molar-refractivity contribution in [3.05, 3.63) is 22.2 Å². The molecule has 0 aliphatic rings. The molecule has 20 heavy (non-hydrogen) atoms. The average Bonchev–Trinajstić information content (AvgIpc) is 2.45. The Bertz CT molecular complexity index is 454. The van der Waals surface area contributed by atoms with Crippen LogP contribution in [0.4, 0.5) is 0 Å². The summed E-state index contributed by atoms with van der Waals surface area (Å²) in [5.41, 5.74) is 6.50. The lowest BCUT2D eigenvalue weighted by Gasteiger charge is -2.14. The van der Waals surface area contributed by atoms with E-state index in [9.17, 15) is 4.79 Å². The SMILES string of the molecule is COCCNC(=O)COc1c(Br)cc(CN)cc1OC. The Morgan fingerprint density at radius 3 is 2.75 bits per heavy atom. The van der Waals surface area contributed by atoms with Crippen LogP contribution in [0.25, 0.3) is 0 Å². The van der Waals surface area contributed by atoms with E-state index >= 15 is 0 Å². The van der Waals surface area contributed by atoms with E-state index < -0.39 is 0 Å². The third-order valence-electron chi connectivity index (χ3n) is 2.50. The van der Waals surface area contributed by atoms with Gasteiger partial charge in [-0.05, 0) is 33.6 Å². The fraction of sp³-hybridized carbons (Fsp3) is 0.462. The monoisotopic (exact) mass is 346 g/mol. The minimum atomic E-state index is -0.223. The lowest BCUT2D eigenvalue weighted by atomic mass is 10.2. The zero-order chi connectivity index (χ0) is 15.0. The highest BCUT2D eigenvalue weighted by Gasteiger charge is 2.13. The molecule has 0 bridgehead atoms. The maximum atomic E-state index is 11.6. The summed E-state index contributed by atoms with van der Waals surface area (Å²) in [6.45, 7) is 1.21. The molecule has 0 aliphatic carbocycles. The second-order valence-electron chi connectivity index (χ2n) is 3.94. The number of amides is 1. The topological polar surface area (TPSA) is 82.8 Å². The largest absolute Gasteiger partial charge is 0.493 e. The van der Waals surface area contributed by atoms with E-state index in [1.165, 1.54) is 7.11 Å². The summed E-state index contributed by atoms with van der Waals surface area (Å²) < 4.78 is 16.3. The van der Waals surface area contributed by atoms with Gasteiger partial charge in [0.05, 0.1) is 18.2 Å². The third-order valence-corrected chi connectivity index (χ3v) is 3.09. The van der Waals surface area contributed by atoms with Crippen molar-refractivity contribution in [2.24, 2.45) is 5.73 Å². The first-order valence-corrected chi connectivity index (χ1v) is 6.86. The number of rotatable bonds is 8. The van der Waals surface area contributed by atoms with E-state index in [0.29, 0.717) is 35.7 Å². The molecule has 0 saturated heterocycles. The molecule has 0 unspecified atom stereocenters. The Morgan fingerprint density at radius 1 is 1.40 bits per heavy atom. The highest BCUT2D eigenvalue weighted by Crippen LogP contribution is 2.36. The molecule has 1 amide bonds. The maximum absolute atomic E-state index is 11.6. The van der Waals surface area contributed by atoms with Crippen LogP contribution >= 0.6 is 15.9 Å². The third kappa shape index (κ3) is 4.99. The van der Waals surface area contributed by atoms with Crippen LogP contribution in [0.2, 0.25) is 0 Å².